The second-order valence-electron chi connectivity index (χ2n) is 4.83. The molecule has 3 rings (SSSR count). The lowest BCUT2D eigenvalue weighted by Crippen LogP contribution is -2.48. The first-order chi connectivity index (χ1) is 10.1. The molecule has 1 aliphatic heterocycles. The Morgan fingerprint density at radius 1 is 1.29 bits per heavy atom. The zero-order valence-corrected chi connectivity index (χ0v) is 12.9. The van der Waals surface area contributed by atoms with Crippen molar-refractivity contribution < 1.29 is 4.79 Å². The molecule has 110 valence electrons. The molecule has 0 radical (unpaired) electrons. The summed E-state index contributed by atoms with van der Waals surface area (Å²) in [5, 5.41) is 3.37. The van der Waals surface area contributed by atoms with Crippen molar-refractivity contribution in [1.29, 1.82) is 0 Å². The van der Waals surface area contributed by atoms with E-state index in [9.17, 15) is 4.79 Å². The zero-order valence-electron chi connectivity index (χ0n) is 11.3. The van der Waals surface area contributed by atoms with Crippen LogP contribution in [0.2, 0.25) is 5.02 Å². The summed E-state index contributed by atoms with van der Waals surface area (Å²) in [6, 6.07) is 5.00. The molecule has 1 fully saturated rings. The summed E-state index contributed by atoms with van der Waals surface area (Å²) in [6.07, 6.45) is 1.80. The number of hydrogen-bond acceptors (Lipinski definition) is 5. The first-order valence-corrected chi connectivity index (χ1v) is 7.89. The number of nitrogens with two attached hydrogens (primary N) is 1. The van der Waals surface area contributed by atoms with Crippen LogP contribution in [0.3, 0.4) is 0 Å². The second-order valence-corrected chi connectivity index (χ2v) is 6.11. The van der Waals surface area contributed by atoms with Crippen molar-refractivity contribution in [2.24, 2.45) is 0 Å². The van der Waals surface area contributed by atoms with Gasteiger partial charge in [-0.1, -0.05) is 11.6 Å². The molecule has 7 heteroatoms. The number of benzene rings is 1. The number of piperazine rings is 1. The molecule has 5 nitrogen and oxygen atoms in total. The monoisotopic (exact) mass is 322 g/mol. The maximum absolute atomic E-state index is 12.5. The number of halogens is 1. The third-order valence-electron chi connectivity index (χ3n) is 3.48. The standard InChI is InChI=1S/C14H15ClN4OS/c15-12-9-10(16)1-2-11(12)13(20)18-4-6-19(7-5-18)14-17-3-8-21-14/h1-3,8-9H,4-7,16H2. The van der Waals surface area contributed by atoms with Gasteiger partial charge in [0.1, 0.15) is 0 Å². The first kappa shape index (κ1) is 14.2. The summed E-state index contributed by atoms with van der Waals surface area (Å²) < 4.78 is 0. The van der Waals surface area contributed by atoms with Crippen molar-refractivity contribution >= 4 is 39.7 Å². The Kier molecular flexibility index (Phi) is 3.98. The van der Waals surface area contributed by atoms with E-state index in [1.807, 2.05) is 10.3 Å². The van der Waals surface area contributed by atoms with Crippen LogP contribution in [0.5, 0.6) is 0 Å². The van der Waals surface area contributed by atoms with Crippen molar-refractivity contribution in [3.8, 4) is 0 Å². The van der Waals surface area contributed by atoms with Gasteiger partial charge in [-0.15, -0.1) is 11.3 Å². The van der Waals surface area contributed by atoms with Crippen LogP contribution in [0.4, 0.5) is 10.8 Å². The third kappa shape index (κ3) is 2.96. The van der Waals surface area contributed by atoms with Crippen LogP contribution < -0.4 is 10.6 Å². The first-order valence-electron chi connectivity index (χ1n) is 6.64. The maximum Gasteiger partial charge on any atom is 0.255 e. The van der Waals surface area contributed by atoms with E-state index in [1.165, 1.54) is 0 Å². The normalized spacial score (nSPS) is 15.3. The summed E-state index contributed by atoms with van der Waals surface area (Å²) in [7, 11) is 0. The Morgan fingerprint density at radius 3 is 2.67 bits per heavy atom. The molecule has 0 aliphatic carbocycles. The molecule has 2 heterocycles. The Bertz CT molecular complexity index is 638. The van der Waals surface area contributed by atoms with E-state index in [0.29, 0.717) is 29.4 Å². The minimum absolute atomic E-state index is 0.0428. The number of thiazole rings is 1. The molecule has 1 amide bonds. The van der Waals surface area contributed by atoms with Crippen LogP contribution in [-0.4, -0.2) is 42.0 Å². The van der Waals surface area contributed by atoms with Gasteiger partial charge in [-0.2, -0.15) is 0 Å². The molecular formula is C14H15ClN4OS. The lowest BCUT2D eigenvalue weighted by atomic mass is 10.1. The predicted molar refractivity (Wildman–Crippen MR) is 86.1 cm³/mol. The topological polar surface area (TPSA) is 62.5 Å². The van der Waals surface area contributed by atoms with Gasteiger partial charge >= 0.3 is 0 Å². The van der Waals surface area contributed by atoms with Gasteiger partial charge < -0.3 is 15.5 Å². The minimum atomic E-state index is -0.0428. The van der Waals surface area contributed by atoms with E-state index in [1.54, 1.807) is 35.7 Å². The number of hydrogen-bond donors (Lipinski definition) is 1. The lowest BCUT2D eigenvalue weighted by Gasteiger charge is -2.34. The number of nitrogens with zero attached hydrogens (tertiary/aromatic N) is 3. The Balaban J connectivity index is 1.67. The summed E-state index contributed by atoms with van der Waals surface area (Å²) >= 11 is 7.72. The number of carbonyl (C=O) groups is 1. The molecule has 21 heavy (non-hydrogen) atoms. The minimum Gasteiger partial charge on any atom is -0.399 e. The average Bonchev–Trinajstić information content (AvgIpc) is 3.01. The van der Waals surface area contributed by atoms with E-state index in [0.717, 1.165) is 18.2 Å². The maximum atomic E-state index is 12.5. The van der Waals surface area contributed by atoms with Crippen LogP contribution >= 0.6 is 22.9 Å². The Morgan fingerprint density at radius 2 is 2.05 bits per heavy atom. The van der Waals surface area contributed by atoms with E-state index in [2.05, 4.69) is 9.88 Å². The van der Waals surface area contributed by atoms with Crippen molar-refractivity contribution in [2.75, 3.05) is 36.8 Å². The van der Waals surface area contributed by atoms with Gasteiger partial charge in [-0.3, -0.25) is 4.79 Å². The molecular weight excluding hydrogens is 308 g/mol. The van der Waals surface area contributed by atoms with Crippen LogP contribution in [-0.2, 0) is 0 Å². The summed E-state index contributed by atoms with van der Waals surface area (Å²) in [5.41, 5.74) is 6.72. The van der Waals surface area contributed by atoms with E-state index in [-0.39, 0.29) is 5.91 Å². The molecule has 2 aromatic rings. The molecule has 0 saturated carbocycles. The molecule has 2 N–H and O–H groups in total. The number of rotatable bonds is 2. The fourth-order valence-electron chi connectivity index (χ4n) is 2.35. The van der Waals surface area contributed by atoms with E-state index < -0.39 is 0 Å². The number of aromatic nitrogens is 1. The summed E-state index contributed by atoms with van der Waals surface area (Å²) in [6.45, 7) is 2.90. The van der Waals surface area contributed by atoms with Crippen molar-refractivity contribution in [3.63, 3.8) is 0 Å². The molecule has 1 saturated heterocycles. The second kappa shape index (κ2) is 5.91. The highest BCUT2D eigenvalue weighted by Gasteiger charge is 2.24. The van der Waals surface area contributed by atoms with Gasteiger partial charge in [-0.05, 0) is 18.2 Å². The number of amides is 1. The van der Waals surface area contributed by atoms with Gasteiger partial charge in [0.05, 0.1) is 10.6 Å². The zero-order chi connectivity index (χ0) is 14.8. The van der Waals surface area contributed by atoms with Gasteiger partial charge in [0, 0.05) is 43.4 Å². The van der Waals surface area contributed by atoms with E-state index in [4.69, 9.17) is 17.3 Å². The summed E-state index contributed by atoms with van der Waals surface area (Å²) in [5.74, 6) is -0.0428. The fourth-order valence-corrected chi connectivity index (χ4v) is 3.31. The van der Waals surface area contributed by atoms with Gasteiger partial charge in [-0.25, -0.2) is 4.98 Å². The lowest BCUT2D eigenvalue weighted by molar-refractivity contribution is 0.0747. The molecule has 1 aromatic heterocycles. The summed E-state index contributed by atoms with van der Waals surface area (Å²) in [4.78, 5) is 20.8. The van der Waals surface area contributed by atoms with Crippen LogP contribution in [0.1, 0.15) is 10.4 Å². The average molecular weight is 323 g/mol. The Labute approximate surface area is 131 Å². The van der Waals surface area contributed by atoms with Crippen molar-refractivity contribution in [2.45, 2.75) is 0 Å². The SMILES string of the molecule is Nc1ccc(C(=O)N2CCN(c3nccs3)CC2)c(Cl)c1. The van der Waals surface area contributed by atoms with Gasteiger partial charge in [0.25, 0.3) is 5.91 Å². The van der Waals surface area contributed by atoms with Gasteiger partial charge in [0.2, 0.25) is 0 Å². The highest BCUT2D eigenvalue weighted by Crippen LogP contribution is 2.23. The molecule has 1 aliphatic rings. The highest BCUT2D eigenvalue weighted by molar-refractivity contribution is 7.13. The Hall–Kier alpha value is -1.79. The van der Waals surface area contributed by atoms with Crippen LogP contribution in [0.15, 0.2) is 29.8 Å². The number of anilines is 2. The van der Waals surface area contributed by atoms with Crippen molar-refractivity contribution in [1.82, 2.24) is 9.88 Å². The molecule has 0 unspecified atom stereocenters. The third-order valence-corrected chi connectivity index (χ3v) is 4.63. The quantitative estimate of drug-likeness (QED) is 0.862. The molecule has 0 spiro atoms. The van der Waals surface area contributed by atoms with Crippen LogP contribution in [0.25, 0.3) is 0 Å². The van der Waals surface area contributed by atoms with Crippen LogP contribution in [0, 0.1) is 0 Å². The molecule has 0 bridgehead atoms. The predicted octanol–water partition coefficient (Wildman–Crippen LogP) is 2.34. The van der Waals surface area contributed by atoms with Crippen molar-refractivity contribution in [3.05, 3.63) is 40.4 Å². The number of carbonyl (C=O) groups excluding carboxylic acids is 1. The van der Waals surface area contributed by atoms with Gasteiger partial charge in [0.15, 0.2) is 5.13 Å². The smallest absolute Gasteiger partial charge is 0.255 e. The fraction of sp³-hybridized carbons (Fsp3) is 0.286. The number of nitrogen functional groups attached to an aromatic ring is 1. The molecule has 1 aromatic carbocycles. The largest absolute Gasteiger partial charge is 0.399 e. The van der Waals surface area contributed by atoms with E-state index >= 15 is 0 Å². The molecule has 0 atom stereocenters. The highest BCUT2D eigenvalue weighted by atomic mass is 35.5.